The first kappa shape index (κ1) is 36.1. The number of methoxy groups -OCH3 is 4. The Hall–Kier alpha value is -5.35. The molecular formula is C34H43N6O7+. The fourth-order valence-corrected chi connectivity index (χ4v) is 5.29. The molecule has 0 amide bonds. The molecule has 13 heteroatoms. The highest BCUT2D eigenvalue weighted by Crippen LogP contribution is 2.39. The first-order valence-electron chi connectivity index (χ1n) is 14.9. The van der Waals surface area contributed by atoms with Crippen molar-refractivity contribution in [2.75, 3.05) is 42.5 Å². The average molecular weight is 648 g/mol. The summed E-state index contributed by atoms with van der Waals surface area (Å²) < 4.78 is 25.6. The van der Waals surface area contributed by atoms with E-state index in [1.165, 1.54) is 25.9 Å². The number of nitrogens with zero attached hydrogens (tertiary/aromatic N) is 6. The van der Waals surface area contributed by atoms with E-state index in [0.29, 0.717) is 67.4 Å². The highest BCUT2D eigenvalue weighted by atomic mass is 16.6. The van der Waals surface area contributed by atoms with Crippen molar-refractivity contribution in [3.05, 3.63) is 68.7 Å². The van der Waals surface area contributed by atoms with E-state index in [0.717, 1.165) is 0 Å². The van der Waals surface area contributed by atoms with E-state index in [1.807, 2.05) is 34.9 Å². The third-order valence-electron chi connectivity index (χ3n) is 7.29. The topological polar surface area (TPSA) is 133 Å². The summed E-state index contributed by atoms with van der Waals surface area (Å²) in [6.45, 7) is 8.20. The molecule has 47 heavy (non-hydrogen) atoms. The Morgan fingerprint density at radius 2 is 1.66 bits per heavy atom. The van der Waals surface area contributed by atoms with Crippen LogP contribution in [0.4, 0.5) is 5.95 Å². The number of aromatic nitrogens is 4. The summed E-state index contributed by atoms with van der Waals surface area (Å²) in [5, 5.41) is 17.1. The van der Waals surface area contributed by atoms with E-state index in [9.17, 15) is 14.9 Å². The monoisotopic (exact) mass is 647 g/mol. The number of carbonyl (C=O) groups excluding carboxylic acids is 1. The van der Waals surface area contributed by atoms with Crippen molar-refractivity contribution < 1.29 is 33.1 Å². The normalized spacial score (nSPS) is 11.0. The van der Waals surface area contributed by atoms with Crippen molar-refractivity contribution in [3.63, 3.8) is 0 Å². The molecule has 0 aliphatic carbocycles. The molecule has 250 valence electrons. The second kappa shape index (κ2) is 15.3. The zero-order chi connectivity index (χ0) is 35.1. The average Bonchev–Trinajstić information content (AvgIpc) is 3.57. The number of benzene rings is 2. The van der Waals surface area contributed by atoms with Crippen LogP contribution >= 0.6 is 0 Å². The number of imidazole rings is 1. The Kier molecular flexibility index (Phi) is 11.8. The third kappa shape index (κ3) is 7.23. The third-order valence-corrected chi connectivity index (χ3v) is 7.29. The van der Waals surface area contributed by atoms with Gasteiger partial charge in [-0.1, -0.05) is 30.8 Å². The van der Waals surface area contributed by atoms with Crippen LogP contribution in [0.5, 0.6) is 23.0 Å². The maximum atomic E-state index is 14.1. The SMILES string of the molecule is CC.CC#Cc1c(OC)ccc2c(C(=O)c3cc(OC)c(OC)c(OC)c3)nn(C[N+](C)(C)Cc3c(/C=C/C)nc([N+](=O)[O-])n3C)c12. The van der Waals surface area contributed by atoms with E-state index >= 15 is 0 Å². The number of carbonyl (C=O) groups is 1. The van der Waals surface area contributed by atoms with Crippen LogP contribution < -0.4 is 18.9 Å². The first-order valence-corrected chi connectivity index (χ1v) is 14.9. The summed E-state index contributed by atoms with van der Waals surface area (Å²) in [7, 11) is 11.6. The van der Waals surface area contributed by atoms with Crippen LogP contribution in [0, 0.1) is 22.0 Å². The van der Waals surface area contributed by atoms with Crippen LogP contribution in [0.3, 0.4) is 0 Å². The Morgan fingerprint density at radius 1 is 1.04 bits per heavy atom. The Balaban J connectivity index is 0.00000294. The Labute approximate surface area is 275 Å². The van der Waals surface area contributed by atoms with Crippen molar-refractivity contribution in [1.82, 2.24) is 19.3 Å². The standard InChI is InChI=1S/C32H37N6O7.C2H6/c1-10-12-21-25(42-6)15-14-22-28(30(39)20-16-26(43-7)31(45-9)27(17-20)44-8)34-36(29(21)22)19-38(4,5)18-24-23(13-11-2)33-32(35(24)3)37(40)41;1-2/h11,13-17H,18-19H2,1-9H3;1-2H3/q+1;/b13-11+;. The molecule has 0 aliphatic rings. The van der Waals surface area contributed by atoms with E-state index in [1.54, 1.807) is 62.2 Å². The maximum absolute atomic E-state index is 14.1. The predicted octanol–water partition coefficient (Wildman–Crippen LogP) is 5.61. The minimum Gasteiger partial charge on any atom is -0.495 e. The second-order valence-electron chi connectivity index (χ2n) is 10.8. The lowest BCUT2D eigenvalue weighted by Crippen LogP contribution is -2.41. The molecule has 13 nitrogen and oxygen atoms in total. The summed E-state index contributed by atoms with van der Waals surface area (Å²) in [4.78, 5) is 29.5. The highest BCUT2D eigenvalue weighted by Gasteiger charge is 2.32. The Bertz CT molecular complexity index is 1850. The molecule has 4 aromatic rings. The molecule has 0 aliphatic heterocycles. The van der Waals surface area contributed by atoms with Gasteiger partial charge in [-0.15, -0.1) is 5.92 Å². The van der Waals surface area contributed by atoms with Crippen LogP contribution in [-0.4, -0.2) is 77.1 Å². The largest absolute Gasteiger partial charge is 0.495 e. The molecule has 2 heterocycles. The minimum atomic E-state index is -0.499. The molecule has 2 aromatic heterocycles. The van der Waals surface area contributed by atoms with Crippen molar-refractivity contribution in [2.45, 2.75) is 40.9 Å². The lowest BCUT2D eigenvalue weighted by atomic mass is 10.0. The zero-order valence-corrected chi connectivity index (χ0v) is 28.9. The smallest absolute Gasteiger partial charge is 0.435 e. The number of ketones is 1. The molecule has 4 rings (SSSR count). The molecule has 0 atom stereocenters. The van der Waals surface area contributed by atoms with Crippen LogP contribution in [-0.2, 0) is 20.3 Å². The summed E-state index contributed by atoms with van der Waals surface area (Å²) in [5.74, 6) is 7.04. The second-order valence-corrected chi connectivity index (χ2v) is 10.8. The molecule has 0 unspecified atom stereocenters. The van der Waals surface area contributed by atoms with Gasteiger partial charge < -0.3 is 33.5 Å². The number of hydrogen-bond acceptors (Lipinski definition) is 9. The van der Waals surface area contributed by atoms with Gasteiger partial charge >= 0.3 is 5.95 Å². The fourth-order valence-electron chi connectivity index (χ4n) is 5.29. The van der Waals surface area contributed by atoms with Crippen molar-refractivity contribution in [3.8, 4) is 34.8 Å². The number of fused-ring (bicyclic) bond motifs is 1. The zero-order valence-electron chi connectivity index (χ0n) is 28.9. The molecule has 0 saturated heterocycles. The van der Waals surface area contributed by atoms with Crippen LogP contribution in [0.1, 0.15) is 60.7 Å². The molecular weight excluding hydrogens is 604 g/mol. The summed E-state index contributed by atoms with van der Waals surface area (Å²) in [5.41, 5.74) is 2.89. The molecule has 2 aromatic carbocycles. The van der Waals surface area contributed by atoms with Gasteiger partial charge in [0.15, 0.2) is 29.6 Å². The van der Waals surface area contributed by atoms with Gasteiger partial charge in [0, 0.05) is 10.9 Å². The van der Waals surface area contributed by atoms with Gasteiger partial charge in [0.1, 0.15) is 18.0 Å². The molecule has 0 fully saturated rings. The number of quaternary nitrogens is 1. The van der Waals surface area contributed by atoms with Crippen LogP contribution in [0.15, 0.2) is 30.3 Å². The fraction of sp³-hybridized carbons (Fsp3) is 0.382. The van der Waals surface area contributed by atoms with Crippen molar-refractivity contribution in [2.24, 2.45) is 7.05 Å². The number of nitro groups is 1. The quantitative estimate of drug-likeness (QED) is 0.0633. The van der Waals surface area contributed by atoms with Gasteiger partial charge in [-0.25, -0.2) is 9.25 Å². The number of hydrogen-bond donors (Lipinski definition) is 0. The molecule has 0 bridgehead atoms. The number of ether oxygens (including phenoxy) is 4. The van der Waals surface area contributed by atoms with Crippen LogP contribution in [0.2, 0.25) is 0 Å². The molecule has 0 N–H and O–H groups in total. The molecule has 0 saturated carbocycles. The molecule has 0 spiro atoms. The van der Waals surface area contributed by atoms with E-state index in [4.69, 9.17) is 24.0 Å². The van der Waals surface area contributed by atoms with Gasteiger partial charge in [-0.3, -0.25) is 4.79 Å². The summed E-state index contributed by atoms with van der Waals surface area (Å²) >= 11 is 0. The van der Waals surface area contributed by atoms with Gasteiger partial charge in [-0.2, -0.15) is 5.10 Å². The van der Waals surface area contributed by atoms with Crippen molar-refractivity contribution in [1.29, 1.82) is 0 Å². The highest BCUT2D eigenvalue weighted by molar-refractivity contribution is 6.16. The van der Waals surface area contributed by atoms with Gasteiger partial charge in [0.05, 0.1) is 60.7 Å². The van der Waals surface area contributed by atoms with Gasteiger partial charge in [0.2, 0.25) is 11.5 Å². The number of allylic oxidation sites excluding steroid dienone is 1. The van der Waals surface area contributed by atoms with Crippen molar-refractivity contribution >= 4 is 28.7 Å². The summed E-state index contributed by atoms with van der Waals surface area (Å²) in [6.07, 6.45) is 3.54. The predicted molar refractivity (Wildman–Crippen MR) is 180 cm³/mol. The Morgan fingerprint density at radius 3 is 2.17 bits per heavy atom. The lowest BCUT2D eigenvalue weighted by Gasteiger charge is -2.29. The van der Waals surface area contributed by atoms with E-state index in [-0.39, 0.29) is 24.1 Å². The van der Waals surface area contributed by atoms with Gasteiger partial charge in [-0.05, 0) is 49.1 Å². The van der Waals surface area contributed by atoms with Gasteiger partial charge in [0.25, 0.3) is 0 Å². The molecule has 0 radical (unpaired) electrons. The first-order chi connectivity index (χ1) is 22.4. The van der Waals surface area contributed by atoms with E-state index < -0.39 is 4.92 Å². The maximum Gasteiger partial charge on any atom is 0.435 e. The number of rotatable bonds is 12. The minimum absolute atomic E-state index is 0.201. The summed E-state index contributed by atoms with van der Waals surface area (Å²) in [6, 6.07) is 6.72. The van der Waals surface area contributed by atoms with E-state index in [2.05, 4.69) is 16.8 Å². The van der Waals surface area contributed by atoms with Crippen LogP contribution in [0.25, 0.3) is 17.0 Å². The lowest BCUT2D eigenvalue weighted by molar-refractivity contribution is -0.926.